The zero-order valence-corrected chi connectivity index (χ0v) is 9.07. The molecule has 4 heteroatoms. The van der Waals surface area contributed by atoms with E-state index >= 15 is 0 Å². The van der Waals surface area contributed by atoms with Gasteiger partial charge in [-0.3, -0.25) is 0 Å². The van der Waals surface area contributed by atoms with Crippen molar-refractivity contribution in [3.8, 4) is 0 Å². The SMILES string of the molecule is CSCCC(C)NC(=O)N(C)C. The fraction of sp³-hybridized carbons (Fsp3) is 0.875. The van der Waals surface area contributed by atoms with Crippen LogP contribution in [0.5, 0.6) is 0 Å². The highest BCUT2D eigenvalue weighted by atomic mass is 32.2. The van der Waals surface area contributed by atoms with Crippen LogP contribution in [-0.2, 0) is 0 Å². The van der Waals surface area contributed by atoms with E-state index in [-0.39, 0.29) is 12.1 Å². The molecule has 2 amide bonds. The van der Waals surface area contributed by atoms with Crippen molar-refractivity contribution < 1.29 is 4.79 Å². The van der Waals surface area contributed by atoms with Crippen molar-refractivity contribution in [3.05, 3.63) is 0 Å². The Kier molecular flexibility index (Phi) is 5.98. The maximum Gasteiger partial charge on any atom is 0.317 e. The summed E-state index contributed by atoms with van der Waals surface area (Å²) in [6.45, 7) is 2.03. The molecule has 0 fully saturated rings. The van der Waals surface area contributed by atoms with E-state index in [0.29, 0.717) is 0 Å². The molecule has 0 saturated carbocycles. The van der Waals surface area contributed by atoms with Gasteiger partial charge in [-0.05, 0) is 25.4 Å². The molecular weight excluding hydrogens is 172 g/mol. The molecule has 0 spiro atoms. The highest BCUT2D eigenvalue weighted by Crippen LogP contribution is 1.99. The van der Waals surface area contributed by atoms with E-state index in [2.05, 4.69) is 11.6 Å². The third kappa shape index (κ3) is 5.29. The molecular formula is C8H18N2OS. The lowest BCUT2D eigenvalue weighted by Gasteiger charge is -2.17. The van der Waals surface area contributed by atoms with Crippen molar-refractivity contribution in [1.82, 2.24) is 10.2 Å². The first-order chi connectivity index (χ1) is 5.57. The number of nitrogens with zero attached hydrogens (tertiary/aromatic N) is 1. The first-order valence-electron chi connectivity index (χ1n) is 4.04. The normalized spacial score (nSPS) is 12.3. The van der Waals surface area contributed by atoms with Gasteiger partial charge in [0.2, 0.25) is 0 Å². The van der Waals surface area contributed by atoms with E-state index in [1.54, 1.807) is 30.8 Å². The summed E-state index contributed by atoms with van der Waals surface area (Å²) in [6, 6.07) is 0.260. The second-order valence-corrected chi connectivity index (χ2v) is 4.01. The Bertz CT molecular complexity index is 139. The lowest BCUT2D eigenvalue weighted by Crippen LogP contribution is -2.40. The van der Waals surface area contributed by atoms with Gasteiger partial charge in [0.25, 0.3) is 0 Å². The minimum atomic E-state index is -0.0106. The number of hydrogen-bond acceptors (Lipinski definition) is 2. The zero-order chi connectivity index (χ0) is 9.56. The molecule has 0 aromatic heterocycles. The number of amides is 2. The molecule has 0 aliphatic carbocycles. The molecule has 3 nitrogen and oxygen atoms in total. The summed E-state index contributed by atoms with van der Waals surface area (Å²) in [7, 11) is 3.49. The summed E-state index contributed by atoms with van der Waals surface area (Å²) in [5, 5.41) is 2.89. The van der Waals surface area contributed by atoms with Crippen molar-refractivity contribution in [1.29, 1.82) is 0 Å². The number of nitrogens with one attached hydrogen (secondary N) is 1. The molecule has 0 aromatic rings. The highest BCUT2D eigenvalue weighted by molar-refractivity contribution is 7.98. The zero-order valence-electron chi connectivity index (χ0n) is 8.26. The van der Waals surface area contributed by atoms with Crippen molar-refractivity contribution in [2.75, 3.05) is 26.1 Å². The number of carbonyl (C=O) groups excluding carboxylic acids is 1. The van der Waals surface area contributed by atoms with Gasteiger partial charge in [0.15, 0.2) is 0 Å². The lowest BCUT2D eigenvalue weighted by molar-refractivity contribution is 0.214. The largest absolute Gasteiger partial charge is 0.336 e. The number of rotatable bonds is 4. The Labute approximate surface area is 78.9 Å². The number of urea groups is 1. The summed E-state index contributed by atoms with van der Waals surface area (Å²) in [6.07, 6.45) is 3.10. The van der Waals surface area contributed by atoms with Crippen LogP contribution < -0.4 is 5.32 Å². The third-order valence-electron chi connectivity index (χ3n) is 1.53. The Hall–Kier alpha value is -0.380. The van der Waals surface area contributed by atoms with Gasteiger partial charge in [0, 0.05) is 20.1 Å². The van der Waals surface area contributed by atoms with Gasteiger partial charge in [-0.15, -0.1) is 0 Å². The Morgan fingerprint density at radius 2 is 2.17 bits per heavy atom. The maximum atomic E-state index is 11.1. The molecule has 0 rings (SSSR count). The van der Waals surface area contributed by atoms with Crippen LogP contribution in [0.3, 0.4) is 0 Å². The summed E-state index contributed by atoms with van der Waals surface area (Å²) < 4.78 is 0. The smallest absolute Gasteiger partial charge is 0.317 e. The van der Waals surface area contributed by atoms with Crippen LogP contribution in [0.1, 0.15) is 13.3 Å². The summed E-state index contributed by atoms with van der Waals surface area (Å²) in [5.74, 6) is 1.09. The van der Waals surface area contributed by atoms with Crippen molar-refractivity contribution >= 4 is 17.8 Å². The second kappa shape index (κ2) is 6.17. The van der Waals surface area contributed by atoms with Gasteiger partial charge in [-0.25, -0.2) is 4.79 Å². The molecule has 0 radical (unpaired) electrons. The van der Waals surface area contributed by atoms with E-state index in [4.69, 9.17) is 0 Å². The molecule has 0 bridgehead atoms. The lowest BCUT2D eigenvalue weighted by atomic mass is 10.3. The molecule has 0 heterocycles. The number of thioether (sulfide) groups is 1. The fourth-order valence-corrected chi connectivity index (χ4v) is 1.30. The number of hydrogen-bond donors (Lipinski definition) is 1. The third-order valence-corrected chi connectivity index (χ3v) is 2.17. The minimum absolute atomic E-state index is 0.0106. The highest BCUT2D eigenvalue weighted by Gasteiger charge is 2.07. The van der Waals surface area contributed by atoms with Crippen LogP contribution in [-0.4, -0.2) is 43.1 Å². The molecule has 1 N–H and O–H groups in total. The average Bonchev–Trinajstić information content (AvgIpc) is 2.00. The molecule has 1 unspecified atom stereocenters. The van der Waals surface area contributed by atoms with Gasteiger partial charge < -0.3 is 10.2 Å². The van der Waals surface area contributed by atoms with Crippen molar-refractivity contribution in [2.45, 2.75) is 19.4 Å². The van der Waals surface area contributed by atoms with Gasteiger partial charge in [-0.1, -0.05) is 0 Å². The Morgan fingerprint density at radius 3 is 2.58 bits per heavy atom. The van der Waals surface area contributed by atoms with E-state index in [1.807, 2.05) is 6.92 Å². The van der Waals surface area contributed by atoms with Gasteiger partial charge in [-0.2, -0.15) is 11.8 Å². The van der Waals surface area contributed by atoms with E-state index < -0.39 is 0 Å². The molecule has 1 atom stereocenters. The van der Waals surface area contributed by atoms with E-state index in [0.717, 1.165) is 12.2 Å². The molecule has 0 aliphatic rings. The van der Waals surface area contributed by atoms with Crippen molar-refractivity contribution in [2.24, 2.45) is 0 Å². The topological polar surface area (TPSA) is 32.3 Å². The van der Waals surface area contributed by atoms with Crippen LogP contribution in [0.2, 0.25) is 0 Å². The van der Waals surface area contributed by atoms with Crippen molar-refractivity contribution in [3.63, 3.8) is 0 Å². The van der Waals surface area contributed by atoms with Gasteiger partial charge in [0.05, 0.1) is 0 Å². The standard InChI is InChI=1S/C8H18N2OS/c1-7(5-6-12-4)9-8(11)10(2)3/h7H,5-6H2,1-4H3,(H,9,11). The molecule has 72 valence electrons. The predicted molar refractivity (Wildman–Crippen MR) is 54.7 cm³/mol. The average molecular weight is 190 g/mol. The van der Waals surface area contributed by atoms with Crippen LogP contribution in [0.15, 0.2) is 0 Å². The summed E-state index contributed by atoms with van der Waals surface area (Å²) in [5.41, 5.74) is 0. The Morgan fingerprint density at radius 1 is 1.58 bits per heavy atom. The molecule has 0 aromatic carbocycles. The predicted octanol–water partition coefficient (Wildman–Crippen LogP) is 1.40. The van der Waals surface area contributed by atoms with Crippen LogP contribution in [0, 0.1) is 0 Å². The van der Waals surface area contributed by atoms with Crippen LogP contribution in [0.4, 0.5) is 4.79 Å². The number of carbonyl (C=O) groups is 1. The first-order valence-corrected chi connectivity index (χ1v) is 5.44. The first kappa shape index (κ1) is 11.6. The van der Waals surface area contributed by atoms with Gasteiger partial charge >= 0.3 is 6.03 Å². The maximum absolute atomic E-state index is 11.1. The quantitative estimate of drug-likeness (QED) is 0.726. The van der Waals surface area contributed by atoms with Gasteiger partial charge in [0.1, 0.15) is 0 Å². The van der Waals surface area contributed by atoms with Crippen LogP contribution >= 0.6 is 11.8 Å². The second-order valence-electron chi connectivity index (χ2n) is 3.03. The monoisotopic (exact) mass is 190 g/mol. The van der Waals surface area contributed by atoms with E-state index in [9.17, 15) is 4.79 Å². The molecule has 0 aliphatic heterocycles. The molecule has 12 heavy (non-hydrogen) atoms. The minimum Gasteiger partial charge on any atom is -0.336 e. The summed E-state index contributed by atoms with van der Waals surface area (Å²) in [4.78, 5) is 12.7. The van der Waals surface area contributed by atoms with Crippen LogP contribution in [0.25, 0.3) is 0 Å². The fourth-order valence-electron chi connectivity index (χ4n) is 0.707. The molecule has 0 saturated heterocycles. The summed E-state index contributed by atoms with van der Waals surface area (Å²) >= 11 is 1.80. The Balaban J connectivity index is 3.54. The van der Waals surface area contributed by atoms with E-state index in [1.165, 1.54) is 0 Å².